The fourth-order valence-corrected chi connectivity index (χ4v) is 5.99. The standard InChI is InChI=1S/C26H22Br2N4O3/c1-13-21(25(33)31-29-13)23(22-14(2)30-32-26(22)34)17-10-19(27)24(20(28)11-17)35-12-16-8-5-7-15-6-3-4-9-18(15)16/h3-11,23H,12H2,1-2H3,(H2,29,31,33)(H2,30,32,34). The number of halogens is 2. The summed E-state index contributed by atoms with van der Waals surface area (Å²) in [6, 6.07) is 18.1. The normalized spacial score (nSPS) is 11.5. The van der Waals surface area contributed by atoms with Crippen molar-refractivity contribution in [1.82, 2.24) is 20.4 Å². The average Bonchev–Trinajstić information content (AvgIpc) is 3.35. The van der Waals surface area contributed by atoms with Crippen LogP contribution in [0.25, 0.3) is 10.8 Å². The second-order valence-electron chi connectivity index (χ2n) is 8.41. The molecule has 0 radical (unpaired) electrons. The third kappa shape index (κ3) is 4.30. The minimum absolute atomic E-state index is 0.268. The molecule has 0 bridgehead atoms. The molecule has 0 aliphatic heterocycles. The van der Waals surface area contributed by atoms with Crippen LogP contribution in [-0.4, -0.2) is 20.4 Å². The summed E-state index contributed by atoms with van der Waals surface area (Å²) in [5.74, 6) is 0.0551. The molecule has 4 N–H and O–H groups in total. The zero-order valence-electron chi connectivity index (χ0n) is 19.0. The molecule has 3 aromatic carbocycles. The number of fused-ring (bicyclic) bond motifs is 1. The van der Waals surface area contributed by atoms with Gasteiger partial charge in [0, 0.05) is 17.3 Å². The first-order valence-corrected chi connectivity index (χ1v) is 12.6. The molecule has 0 aliphatic carbocycles. The maximum atomic E-state index is 12.7. The van der Waals surface area contributed by atoms with Gasteiger partial charge in [0.05, 0.1) is 20.1 Å². The van der Waals surface area contributed by atoms with E-state index in [2.05, 4.69) is 76.5 Å². The van der Waals surface area contributed by atoms with Crippen LogP contribution in [0.4, 0.5) is 0 Å². The summed E-state index contributed by atoms with van der Waals surface area (Å²) >= 11 is 7.30. The average molecular weight is 598 g/mol. The van der Waals surface area contributed by atoms with Crippen molar-refractivity contribution in [2.45, 2.75) is 26.4 Å². The number of ether oxygens (including phenoxy) is 1. The molecule has 0 atom stereocenters. The summed E-state index contributed by atoms with van der Waals surface area (Å²) < 4.78 is 7.65. The fraction of sp³-hybridized carbons (Fsp3) is 0.154. The van der Waals surface area contributed by atoms with Gasteiger partial charge in [-0.3, -0.25) is 19.8 Å². The topological polar surface area (TPSA) is 107 Å². The number of aromatic amines is 4. The Bertz CT molecular complexity index is 1580. The van der Waals surface area contributed by atoms with Gasteiger partial charge in [-0.1, -0.05) is 42.5 Å². The van der Waals surface area contributed by atoms with Crippen molar-refractivity contribution in [3.8, 4) is 5.75 Å². The number of rotatable bonds is 6. The lowest BCUT2D eigenvalue weighted by Gasteiger charge is -2.19. The van der Waals surface area contributed by atoms with Gasteiger partial charge in [0.2, 0.25) is 0 Å². The van der Waals surface area contributed by atoms with Crippen LogP contribution in [0.1, 0.15) is 39.6 Å². The summed E-state index contributed by atoms with van der Waals surface area (Å²) in [6.45, 7) is 4.00. The Labute approximate surface area is 217 Å². The van der Waals surface area contributed by atoms with Crippen LogP contribution in [0, 0.1) is 13.8 Å². The molecular formula is C26H22Br2N4O3. The highest BCUT2D eigenvalue weighted by atomic mass is 79.9. The van der Waals surface area contributed by atoms with E-state index >= 15 is 0 Å². The van der Waals surface area contributed by atoms with E-state index < -0.39 is 5.92 Å². The largest absolute Gasteiger partial charge is 0.487 e. The predicted octanol–water partition coefficient (Wildman–Crippen LogP) is 5.77. The van der Waals surface area contributed by atoms with E-state index in [1.807, 2.05) is 44.2 Å². The molecule has 5 rings (SSSR count). The maximum Gasteiger partial charge on any atom is 0.268 e. The summed E-state index contributed by atoms with van der Waals surface area (Å²) in [7, 11) is 0. The number of hydrogen-bond donors (Lipinski definition) is 4. The Morgan fingerprint density at radius 2 is 1.37 bits per heavy atom. The number of aryl methyl sites for hydroxylation is 2. The first kappa shape index (κ1) is 23.4. The van der Waals surface area contributed by atoms with Crippen molar-refractivity contribution in [2.24, 2.45) is 0 Å². The van der Waals surface area contributed by atoms with Crippen LogP contribution in [0.15, 0.2) is 73.1 Å². The number of aromatic nitrogens is 4. The van der Waals surface area contributed by atoms with Crippen LogP contribution in [0.2, 0.25) is 0 Å². The van der Waals surface area contributed by atoms with Crippen LogP contribution < -0.4 is 15.9 Å². The molecule has 0 spiro atoms. The van der Waals surface area contributed by atoms with Gasteiger partial charge in [-0.25, -0.2) is 0 Å². The summed E-state index contributed by atoms with van der Waals surface area (Å²) in [5.41, 5.74) is 3.62. The van der Waals surface area contributed by atoms with E-state index in [1.54, 1.807) is 0 Å². The highest BCUT2D eigenvalue weighted by Gasteiger charge is 2.29. The van der Waals surface area contributed by atoms with Crippen molar-refractivity contribution in [3.63, 3.8) is 0 Å². The Morgan fingerprint density at radius 1 is 0.800 bits per heavy atom. The lowest BCUT2D eigenvalue weighted by molar-refractivity contribution is 0.303. The minimum atomic E-state index is -0.584. The van der Waals surface area contributed by atoms with E-state index in [9.17, 15) is 9.59 Å². The summed E-state index contributed by atoms with van der Waals surface area (Å²) in [5, 5.41) is 13.3. The third-order valence-corrected chi connectivity index (χ3v) is 7.39. The molecule has 2 heterocycles. The summed E-state index contributed by atoms with van der Waals surface area (Å²) in [6.07, 6.45) is 0. The SMILES string of the molecule is Cc1[nH][nH]c(=O)c1C(c1cc(Br)c(OCc2cccc3ccccc23)c(Br)c1)c1c(C)[nH][nH]c1=O. The summed E-state index contributed by atoms with van der Waals surface area (Å²) in [4.78, 5) is 25.4. The van der Waals surface area contributed by atoms with Gasteiger partial charge in [0.1, 0.15) is 12.4 Å². The van der Waals surface area contributed by atoms with Gasteiger partial charge in [-0.2, -0.15) is 0 Å². The van der Waals surface area contributed by atoms with Crippen molar-refractivity contribution in [1.29, 1.82) is 0 Å². The molecule has 178 valence electrons. The van der Waals surface area contributed by atoms with Gasteiger partial charge < -0.3 is 14.9 Å². The molecule has 5 aromatic rings. The number of hydrogen-bond acceptors (Lipinski definition) is 3. The van der Waals surface area contributed by atoms with Gasteiger partial charge in [-0.15, -0.1) is 0 Å². The molecule has 0 saturated carbocycles. The van der Waals surface area contributed by atoms with E-state index in [0.29, 0.717) is 43.8 Å². The van der Waals surface area contributed by atoms with E-state index in [-0.39, 0.29) is 11.1 Å². The molecule has 7 nitrogen and oxygen atoms in total. The highest BCUT2D eigenvalue weighted by Crippen LogP contribution is 2.40. The molecule has 0 fully saturated rings. The molecule has 0 unspecified atom stereocenters. The lowest BCUT2D eigenvalue weighted by Crippen LogP contribution is -2.20. The van der Waals surface area contributed by atoms with Crippen molar-refractivity contribution >= 4 is 42.6 Å². The third-order valence-electron chi connectivity index (χ3n) is 6.21. The predicted molar refractivity (Wildman–Crippen MR) is 143 cm³/mol. The Hall–Kier alpha value is -3.30. The van der Waals surface area contributed by atoms with E-state index in [0.717, 1.165) is 21.9 Å². The number of benzene rings is 3. The smallest absolute Gasteiger partial charge is 0.268 e. The molecule has 2 aromatic heterocycles. The second kappa shape index (κ2) is 9.39. The molecule has 0 saturated heterocycles. The Kier molecular flexibility index (Phi) is 6.29. The number of H-pyrrole nitrogens is 4. The number of nitrogens with one attached hydrogen (secondary N) is 4. The molecule has 0 aliphatic rings. The van der Waals surface area contributed by atoms with E-state index in [4.69, 9.17) is 4.74 Å². The monoisotopic (exact) mass is 596 g/mol. The molecule has 0 amide bonds. The molecule has 35 heavy (non-hydrogen) atoms. The lowest BCUT2D eigenvalue weighted by atomic mass is 9.85. The van der Waals surface area contributed by atoms with Gasteiger partial charge >= 0.3 is 0 Å². The van der Waals surface area contributed by atoms with Gasteiger partial charge in [0.25, 0.3) is 11.1 Å². The van der Waals surface area contributed by atoms with Crippen LogP contribution in [0.3, 0.4) is 0 Å². The zero-order chi connectivity index (χ0) is 24.7. The quantitative estimate of drug-likeness (QED) is 0.199. The highest BCUT2D eigenvalue weighted by molar-refractivity contribution is 9.11. The van der Waals surface area contributed by atoms with Crippen molar-refractivity contribution < 1.29 is 4.74 Å². The van der Waals surface area contributed by atoms with Crippen LogP contribution >= 0.6 is 31.9 Å². The molecular weight excluding hydrogens is 576 g/mol. The Morgan fingerprint density at radius 3 is 1.94 bits per heavy atom. The first-order chi connectivity index (χ1) is 16.8. The van der Waals surface area contributed by atoms with Gasteiger partial charge in [-0.05, 0) is 79.7 Å². The van der Waals surface area contributed by atoms with Crippen LogP contribution in [-0.2, 0) is 6.61 Å². The zero-order valence-corrected chi connectivity index (χ0v) is 22.1. The van der Waals surface area contributed by atoms with Crippen molar-refractivity contribution in [3.05, 3.63) is 118 Å². The van der Waals surface area contributed by atoms with E-state index in [1.165, 1.54) is 0 Å². The fourth-order valence-electron chi connectivity index (χ4n) is 4.54. The maximum absolute atomic E-state index is 12.7. The molecule has 9 heteroatoms. The van der Waals surface area contributed by atoms with Crippen LogP contribution in [0.5, 0.6) is 5.75 Å². The van der Waals surface area contributed by atoms with Gasteiger partial charge in [0.15, 0.2) is 0 Å². The Balaban J connectivity index is 1.55. The first-order valence-electron chi connectivity index (χ1n) is 11.0. The van der Waals surface area contributed by atoms with Crippen molar-refractivity contribution in [2.75, 3.05) is 0 Å². The second-order valence-corrected chi connectivity index (χ2v) is 10.1. The minimum Gasteiger partial charge on any atom is -0.487 e.